The van der Waals surface area contributed by atoms with Gasteiger partial charge in [0.1, 0.15) is 5.92 Å². The second-order valence-electron chi connectivity index (χ2n) is 4.52. The molecule has 0 radical (unpaired) electrons. The van der Waals surface area contributed by atoms with Gasteiger partial charge in [0, 0.05) is 18.4 Å². The van der Waals surface area contributed by atoms with Gasteiger partial charge in [-0.3, -0.25) is 4.79 Å². The average molecular weight is 252 g/mol. The zero-order valence-corrected chi connectivity index (χ0v) is 10.9. The van der Waals surface area contributed by atoms with E-state index >= 15 is 0 Å². The lowest BCUT2D eigenvalue weighted by molar-refractivity contribution is -0.120. The molecule has 0 bridgehead atoms. The Balaban J connectivity index is 2.26. The standard InChI is InChI=1S/C16H16N2O/c1-2-15(19)14-10-6-9-13(16(14)18-17)11-12-7-4-3-5-8-12/h3-10,14H,2,11H2,1H3. The van der Waals surface area contributed by atoms with Crippen molar-refractivity contribution in [2.75, 3.05) is 0 Å². The lowest BCUT2D eigenvalue weighted by atomic mass is 9.85. The summed E-state index contributed by atoms with van der Waals surface area (Å²) in [6, 6.07) is 9.94. The normalized spacial score (nSPS) is 17.8. The van der Waals surface area contributed by atoms with Crippen molar-refractivity contribution >= 4 is 11.5 Å². The molecule has 1 atom stereocenters. The Kier molecular flexibility index (Phi) is 4.22. The largest absolute Gasteiger partial charge is 0.361 e. The molecule has 1 aliphatic carbocycles. The number of nitrogens with zero attached hydrogens (tertiary/aromatic N) is 2. The van der Waals surface area contributed by atoms with Crippen molar-refractivity contribution in [2.24, 2.45) is 5.92 Å². The maximum atomic E-state index is 11.9. The van der Waals surface area contributed by atoms with Crippen LogP contribution in [0.2, 0.25) is 0 Å². The van der Waals surface area contributed by atoms with Gasteiger partial charge in [0.15, 0.2) is 5.78 Å². The number of Topliss-reactive ketones (excluding diaryl/α,β-unsaturated/α-hetero) is 1. The molecule has 1 aromatic carbocycles. The van der Waals surface area contributed by atoms with Gasteiger partial charge in [-0.05, 0) is 5.56 Å². The monoisotopic (exact) mass is 252 g/mol. The van der Waals surface area contributed by atoms with E-state index in [0.717, 1.165) is 11.1 Å². The molecule has 19 heavy (non-hydrogen) atoms. The van der Waals surface area contributed by atoms with Crippen LogP contribution in [0.25, 0.3) is 5.53 Å². The summed E-state index contributed by atoms with van der Waals surface area (Å²) < 4.78 is 0. The Morgan fingerprint density at radius 2 is 2.05 bits per heavy atom. The Labute approximate surface area is 112 Å². The molecule has 0 amide bonds. The maximum Gasteiger partial charge on any atom is 0.309 e. The third-order valence-electron chi connectivity index (χ3n) is 3.27. The molecular formula is C16H16N2O. The molecule has 0 heterocycles. The molecule has 0 aromatic heterocycles. The lowest BCUT2D eigenvalue weighted by Gasteiger charge is -2.12. The smallest absolute Gasteiger partial charge is 0.309 e. The van der Waals surface area contributed by atoms with Gasteiger partial charge in [-0.25, -0.2) is 0 Å². The molecule has 0 saturated heterocycles. The lowest BCUT2D eigenvalue weighted by Crippen LogP contribution is -2.26. The number of hydrogen-bond donors (Lipinski definition) is 0. The Hall–Kier alpha value is -2.25. The maximum absolute atomic E-state index is 11.9. The van der Waals surface area contributed by atoms with Crippen LogP contribution in [0.4, 0.5) is 0 Å². The fraction of sp³-hybridized carbons (Fsp3) is 0.250. The highest BCUT2D eigenvalue weighted by Gasteiger charge is 2.32. The number of ketones is 1. The summed E-state index contributed by atoms with van der Waals surface area (Å²) in [6.07, 6.45) is 6.66. The van der Waals surface area contributed by atoms with Gasteiger partial charge < -0.3 is 5.53 Å². The fourth-order valence-corrected chi connectivity index (χ4v) is 2.23. The second-order valence-corrected chi connectivity index (χ2v) is 4.52. The first-order valence-electron chi connectivity index (χ1n) is 6.42. The number of hydrogen-bond acceptors (Lipinski definition) is 1. The molecule has 0 N–H and O–H groups in total. The van der Waals surface area contributed by atoms with Crippen LogP contribution < -0.4 is 0 Å². The van der Waals surface area contributed by atoms with E-state index in [1.807, 2.05) is 49.4 Å². The summed E-state index contributed by atoms with van der Waals surface area (Å²) >= 11 is 0. The van der Waals surface area contributed by atoms with Crippen molar-refractivity contribution in [1.82, 2.24) is 0 Å². The summed E-state index contributed by atoms with van der Waals surface area (Å²) in [5, 5.41) is 0. The highest BCUT2D eigenvalue weighted by atomic mass is 16.1. The zero-order valence-electron chi connectivity index (χ0n) is 10.9. The first-order valence-corrected chi connectivity index (χ1v) is 6.42. The third kappa shape index (κ3) is 2.95. The molecule has 2 rings (SSSR count). The van der Waals surface area contributed by atoms with Crippen LogP contribution in [0.1, 0.15) is 18.9 Å². The Morgan fingerprint density at radius 3 is 2.68 bits per heavy atom. The first kappa shape index (κ1) is 13.2. The topological polar surface area (TPSA) is 53.5 Å². The van der Waals surface area contributed by atoms with Crippen molar-refractivity contribution in [1.29, 1.82) is 0 Å². The third-order valence-corrected chi connectivity index (χ3v) is 3.27. The van der Waals surface area contributed by atoms with Crippen LogP contribution in [0.3, 0.4) is 0 Å². The summed E-state index contributed by atoms with van der Waals surface area (Å²) in [6.45, 7) is 1.82. The number of rotatable bonds is 4. The molecule has 0 saturated carbocycles. The van der Waals surface area contributed by atoms with Crippen molar-refractivity contribution in [3.8, 4) is 0 Å². The average Bonchev–Trinajstić information content (AvgIpc) is 2.47. The summed E-state index contributed by atoms with van der Waals surface area (Å²) in [5.74, 6) is -0.346. The van der Waals surface area contributed by atoms with Crippen LogP contribution in [-0.2, 0) is 11.2 Å². The zero-order chi connectivity index (χ0) is 13.7. The molecule has 1 aromatic rings. The van der Waals surface area contributed by atoms with Gasteiger partial charge in [0.25, 0.3) is 0 Å². The minimum Gasteiger partial charge on any atom is -0.361 e. The molecule has 96 valence electrons. The van der Waals surface area contributed by atoms with E-state index in [1.165, 1.54) is 0 Å². The second kappa shape index (κ2) is 6.07. The van der Waals surface area contributed by atoms with Gasteiger partial charge in [0.05, 0.1) is 0 Å². The predicted molar refractivity (Wildman–Crippen MR) is 74.8 cm³/mol. The summed E-state index contributed by atoms with van der Waals surface area (Å²) in [4.78, 5) is 15.2. The van der Waals surface area contributed by atoms with E-state index in [9.17, 15) is 10.3 Å². The van der Waals surface area contributed by atoms with Gasteiger partial charge in [-0.15, -0.1) is 0 Å². The van der Waals surface area contributed by atoms with Crippen molar-refractivity contribution in [3.05, 3.63) is 65.2 Å². The number of carbonyl (C=O) groups is 1. The van der Waals surface area contributed by atoms with Gasteiger partial charge in [0.2, 0.25) is 0 Å². The van der Waals surface area contributed by atoms with Gasteiger partial charge in [-0.1, -0.05) is 55.5 Å². The SMILES string of the molecule is CCC(=O)C1C=CC=C(Cc2ccccc2)C1=[N+]=[N-]. The number of carbonyl (C=O) groups excluding carboxylic acids is 1. The van der Waals surface area contributed by atoms with E-state index in [-0.39, 0.29) is 5.78 Å². The van der Waals surface area contributed by atoms with Gasteiger partial charge >= 0.3 is 5.71 Å². The highest BCUT2D eigenvalue weighted by Crippen LogP contribution is 2.20. The van der Waals surface area contributed by atoms with Crippen molar-refractivity contribution in [2.45, 2.75) is 19.8 Å². The van der Waals surface area contributed by atoms with Crippen molar-refractivity contribution in [3.63, 3.8) is 0 Å². The molecule has 1 unspecified atom stereocenters. The van der Waals surface area contributed by atoms with Crippen LogP contribution >= 0.6 is 0 Å². The van der Waals surface area contributed by atoms with Crippen LogP contribution in [-0.4, -0.2) is 16.3 Å². The quantitative estimate of drug-likeness (QED) is 0.600. The van der Waals surface area contributed by atoms with E-state index in [2.05, 4.69) is 4.79 Å². The molecule has 3 heteroatoms. The first-order chi connectivity index (χ1) is 9.26. The van der Waals surface area contributed by atoms with Crippen LogP contribution in [0.5, 0.6) is 0 Å². The summed E-state index contributed by atoms with van der Waals surface area (Å²) in [7, 11) is 0. The molecule has 1 aliphatic rings. The molecule has 0 aliphatic heterocycles. The molecule has 0 spiro atoms. The van der Waals surface area contributed by atoms with E-state index < -0.39 is 5.92 Å². The number of benzene rings is 1. The van der Waals surface area contributed by atoms with Crippen LogP contribution in [0.15, 0.2) is 54.1 Å². The summed E-state index contributed by atoms with van der Waals surface area (Å²) in [5.41, 5.74) is 11.7. The highest BCUT2D eigenvalue weighted by molar-refractivity contribution is 6.13. The number of allylic oxidation sites excluding steroid dienone is 4. The fourth-order valence-electron chi connectivity index (χ4n) is 2.23. The minimum atomic E-state index is -0.418. The Bertz CT molecular complexity index is 578. The minimum absolute atomic E-state index is 0.0720. The van der Waals surface area contributed by atoms with Crippen molar-refractivity contribution < 1.29 is 9.58 Å². The van der Waals surface area contributed by atoms with E-state index in [4.69, 9.17) is 0 Å². The molecule has 3 nitrogen and oxygen atoms in total. The molecule has 0 fully saturated rings. The van der Waals surface area contributed by atoms with Gasteiger partial charge in [-0.2, -0.15) is 4.79 Å². The van der Waals surface area contributed by atoms with E-state index in [1.54, 1.807) is 6.08 Å². The molecular weight excluding hydrogens is 236 g/mol. The van der Waals surface area contributed by atoms with E-state index in [0.29, 0.717) is 18.6 Å². The van der Waals surface area contributed by atoms with Crippen LogP contribution in [0, 0.1) is 5.92 Å². The predicted octanol–water partition coefficient (Wildman–Crippen LogP) is 2.99. The Morgan fingerprint density at radius 1 is 1.32 bits per heavy atom.